The molecule has 0 aromatic carbocycles. The largest absolute Gasteiger partial charge is 0.396 e. The topological polar surface area (TPSA) is 102 Å². The van der Waals surface area contributed by atoms with Gasteiger partial charge in [-0.05, 0) is 13.3 Å². The standard InChI is InChI=1S/C11H19N5O2/c1-4-5-13-10(17)7(2)15-11(18)9-8(12)6-14-16(9)3/h6-7H,4-5,12H2,1-3H3,(H,13,17)(H,15,18). The van der Waals surface area contributed by atoms with Crippen molar-refractivity contribution in [2.75, 3.05) is 12.3 Å². The van der Waals surface area contributed by atoms with E-state index >= 15 is 0 Å². The minimum absolute atomic E-state index is 0.217. The molecular weight excluding hydrogens is 234 g/mol. The normalized spacial score (nSPS) is 11.9. The Hall–Kier alpha value is -2.05. The highest BCUT2D eigenvalue weighted by molar-refractivity contribution is 5.99. The van der Waals surface area contributed by atoms with Crippen molar-refractivity contribution in [3.05, 3.63) is 11.9 Å². The number of rotatable bonds is 5. The molecule has 18 heavy (non-hydrogen) atoms. The van der Waals surface area contributed by atoms with Crippen molar-refractivity contribution in [3.63, 3.8) is 0 Å². The van der Waals surface area contributed by atoms with E-state index in [1.807, 2.05) is 6.92 Å². The zero-order chi connectivity index (χ0) is 13.7. The summed E-state index contributed by atoms with van der Waals surface area (Å²) in [6.45, 7) is 4.17. The number of nitrogen functional groups attached to an aromatic ring is 1. The molecule has 1 aromatic heterocycles. The van der Waals surface area contributed by atoms with Crippen LogP contribution in [0.3, 0.4) is 0 Å². The second kappa shape index (κ2) is 6.04. The van der Waals surface area contributed by atoms with E-state index in [4.69, 9.17) is 5.73 Å². The molecule has 1 aromatic rings. The van der Waals surface area contributed by atoms with Crippen LogP contribution in [-0.4, -0.2) is 34.2 Å². The lowest BCUT2D eigenvalue weighted by Gasteiger charge is -2.14. The third-order valence-corrected chi connectivity index (χ3v) is 2.47. The summed E-state index contributed by atoms with van der Waals surface area (Å²) in [5, 5.41) is 9.15. The number of nitrogens with zero attached hydrogens (tertiary/aromatic N) is 2. The summed E-state index contributed by atoms with van der Waals surface area (Å²) in [5.74, 6) is -0.627. The van der Waals surface area contributed by atoms with Crippen molar-refractivity contribution < 1.29 is 9.59 Å². The Balaban J connectivity index is 2.62. The van der Waals surface area contributed by atoms with Crippen LogP contribution in [0.1, 0.15) is 30.8 Å². The van der Waals surface area contributed by atoms with Crippen molar-refractivity contribution in [2.45, 2.75) is 26.3 Å². The summed E-state index contributed by atoms with van der Waals surface area (Å²) in [7, 11) is 1.62. The lowest BCUT2D eigenvalue weighted by Crippen LogP contribution is -2.45. The molecule has 1 rings (SSSR count). The fraction of sp³-hybridized carbons (Fsp3) is 0.545. The number of nitrogens with one attached hydrogen (secondary N) is 2. The first kappa shape index (κ1) is 14.0. The van der Waals surface area contributed by atoms with Gasteiger partial charge in [0.15, 0.2) is 0 Å². The highest BCUT2D eigenvalue weighted by Crippen LogP contribution is 2.08. The van der Waals surface area contributed by atoms with E-state index in [0.717, 1.165) is 6.42 Å². The van der Waals surface area contributed by atoms with Crippen molar-refractivity contribution in [1.29, 1.82) is 0 Å². The molecule has 0 bridgehead atoms. The Kier molecular flexibility index (Phi) is 4.70. The Bertz CT molecular complexity index is 421. The molecule has 2 amide bonds. The third kappa shape index (κ3) is 3.22. The average Bonchev–Trinajstić information content (AvgIpc) is 2.65. The molecule has 7 nitrogen and oxygen atoms in total. The van der Waals surface area contributed by atoms with Gasteiger partial charge in [0, 0.05) is 13.6 Å². The van der Waals surface area contributed by atoms with Gasteiger partial charge in [-0.2, -0.15) is 5.10 Å². The molecule has 0 aliphatic carbocycles. The van der Waals surface area contributed by atoms with Crippen LogP contribution in [0.25, 0.3) is 0 Å². The van der Waals surface area contributed by atoms with Gasteiger partial charge >= 0.3 is 0 Å². The average molecular weight is 253 g/mol. The van der Waals surface area contributed by atoms with Crippen LogP contribution in [0.2, 0.25) is 0 Å². The van der Waals surface area contributed by atoms with Crippen LogP contribution < -0.4 is 16.4 Å². The van der Waals surface area contributed by atoms with E-state index in [1.54, 1.807) is 14.0 Å². The smallest absolute Gasteiger partial charge is 0.272 e. The van der Waals surface area contributed by atoms with E-state index in [0.29, 0.717) is 6.54 Å². The molecule has 0 radical (unpaired) electrons. The number of hydrogen-bond acceptors (Lipinski definition) is 4. The lowest BCUT2D eigenvalue weighted by atomic mass is 10.2. The van der Waals surface area contributed by atoms with Gasteiger partial charge in [-0.15, -0.1) is 0 Å². The van der Waals surface area contributed by atoms with Gasteiger partial charge in [0.25, 0.3) is 5.91 Å². The van der Waals surface area contributed by atoms with Crippen molar-refractivity contribution in [1.82, 2.24) is 20.4 Å². The van der Waals surface area contributed by atoms with Gasteiger partial charge in [0.1, 0.15) is 11.7 Å². The quantitative estimate of drug-likeness (QED) is 0.667. The summed E-state index contributed by atoms with van der Waals surface area (Å²) >= 11 is 0. The van der Waals surface area contributed by atoms with Gasteiger partial charge < -0.3 is 16.4 Å². The van der Waals surface area contributed by atoms with Crippen LogP contribution in [0.4, 0.5) is 5.69 Å². The molecule has 0 fully saturated rings. The summed E-state index contributed by atoms with van der Waals surface area (Å²) in [4.78, 5) is 23.5. The van der Waals surface area contributed by atoms with Crippen molar-refractivity contribution in [3.8, 4) is 0 Å². The van der Waals surface area contributed by atoms with Gasteiger partial charge in [0.2, 0.25) is 5.91 Å². The first-order valence-corrected chi connectivity index (χ1v) is 5.83. The number of aryl methyl sites for hydroxylation is 1. The molecule has 0 spiro atoms. The van der Waals surface area contributed by atoms with E-state index in [2.05, 4.69) is 15.7 Å². The summed E-state index contributed by atoms with van der Waals surface area (Å²) in [5.41, 5.74) is 6.17. The monoisotopic (exact) mass is 253 g/mol. The van der Waals surface area contributed by atoms with Gasteiger partial charge in [-0.3, -0.25) is 14.3 Å². The highest BCUT2D eigenvalue weighted by Gasteiger charge is 2.20. The Morgan fingerprint density at radius 2 is 2.22 bits per heavy atom. The third-order valence-electron chi connectivity index (χ3n) is 2.47. The number of carbonyl (C=O) groups excluding carboxylic acids is 2. The molecule has 0 saturated heterocycles. The summed E-state index contributed by atoms with van der Waals surface area (Å²) in [6.07, 6.45) is 2.25. The maximum atomic E-state index is 11.9. The minimum atomic E-state index is -0.613. The van der Waals surface area contributed by atoms with Crippen LogP contribution >= 0.6 is 0 Å². The highest BCUT2D eigenvalue weighted by atomic mass is 16.2. The first-order valence-electron chi connectivity index (χ1n) is 5.83. The SMILES string of the molecule is CCCNC(=O)C(C)NC(=O)c1c(N)cnn1C. The number of carbonyl (C=O) groups is 2. The summed E-state index contributed by atoms with van der Waals surface area (Å²) < 4.78 is 1.38. The molecule has 0 aliphatic heterocycles. The zero-order valence-electron chi connectivity index (χ0n) is 10.9. The summed E-state index contributed by atoms with van der Waals surface area (Å²) in [6, 6.07) is -0.613. The Morgan fingerprint density at radius 1 is 1.56 bits per heavy atom. The number of aromatic nitrogens is 2. The maximum Gasteiger partial charge on any atom is 0.272 e. The maximum absolute atomic E-state index is 11.9. The fourth-order valence-corrected chi connectivity index (χ4v) is 1.46. The minimum Gasteiger partial charge on any atom is -0.396 e. The first-order chi connectivity index (χ1) is 8.47. The number of hydrogen-bond donors (Lipinski definition) is 3. The molecule has 1 heterocycles. The number of anilines is 1. The lowest BCUT2D eigenvalue weighted by molar-refractivity contribution is -0.122. The molecule has 7 heteroatoms. The van der Waals surface area contributed by atoms with E-state index < -0.39 is 11.9 Å². The molecular formula is C11H19N5O2. The van der Waals surface area contributed by atoms with E-state index in [9.17, 15) is 9.59 Å². The second-order valence-electron chi connectivity index (χ2n) is 4.06. The van der Waals surface area contributed by atoms with Crippen LogP contribution in [0.5, 0.6) is 0 Å². The van der Waals surface area contributed by atoms with Gasteiger partial charge in [-0.25, -0.2) is 0 Å². The van der Waals surface area contributed by atoms with Crippen LogP contribution in [0, 0.1) is 0 Å². The fourth-order valence-electron chi connectivity index (χ4n) is 1.46. The van der Waals surface area contributed by atoms with Crippen LogP contribution in [0.15, 0.2) is 6.20 Å². The van der Waals surface area contributed by atoms with Gasteiger partial charge in [0.05, 0.1) is 11.9 Å². The van der Waals surface area contributed by atoms with Crippen LogP contribution in [-0.2, 0) is 11.8 Å². The van der Waals surface area contributed by atoms with E-state index in [1.165, 1.54) is 10.9 Å². The molecule has 4 N–H and O–H groups in total. The Morgan fingerprint density at radius 3 is 2.72 bits per heavy atom. The van der Waals surface area contributed by atoms with Crippen molar-refractivity contribution >= 4 is 17.5 Å². The predicted molar refractivity (Wildman–Crippen MR) is 67.8 cm³/mol. The van der Waals surface area contributed by atoms with Crippen molar-refractivity contribution in [2.24, 2.45) is 7.05 Å². The molecule has 100 valence electrons. The molecule has 1 unspecified atom stereocenters. The van der Waals surface area contributed by atoms with E-state index in [-0.39, 0.29) is 17.3 Å². The number of amides is 2. The molecule has 0 aliphatic rings. The Labute approximate surface area is 106 Å². The molecule has 1 atom stereocenters. The number of nitrogens with two attached hydrogens (primary N) is 1. The molecule has 0 saturated carbocycles. The zero-order valence-corrected chi connectivity index (χ0v) is 10.9. The predicted octanol–water partition coefficient (Wildman–Crippen LogP) is -0.353. The van der Waals surface area contributed by atoms with Gasteiger partial charge in [-0.1, -0.05) is 6.92 Å². The second-order valence-corrected chi connectivity index (χ2v) is 4.06.